The Morgan fingerprint density at radius 1 is 1.22 bits per heavy atom. The van der Waals surface area contributed by atoms with Crippen LogP contribution in [0.15, 0.2) is 42.5 Å². The average Bonchev–Trinajstić information content (AvgIpc) is 2.53. The van der Waals surface area contributed by atoms with Gasteiger partial charge in [-0.05, 0) is 60.0 Å². The third-order valence-electron chi connectivity index (χ3n) is 3.73. The van der Waals surface area contributed by atoms with E-state index in [4.69, 9.17) is 16.5 Å². The molecule has 2 rings (SSSR count). The number of carbonyl (C=O) groups excluding carboxylic acids is 1. The number of benzene rings is 2. The summed E-state index contributed by atoms with van der Waals surface area (Å²) in [6.07, 6.45) is 0.398. The minimum absolute atomic E-state index is 0.211. The van der Waals surface area contributed by atoms with Gasteiger partial charge in [-0.2, -0.15) is 0 Å². The molecule has 5 heteroatoms. The van der Waals surface area contributed by atoms with Gasteiger partial charge in [0.2, 0.25) is 0 Å². The Morgan fingerprint density at radius 3 is 2.39 bits per heavy atom. The summed E-state index contributed by atoms with van der Waals surface area (Å²) in [5.41, 5.74) is 3.72. The molecule has 0 amide bonds. The zero-order chi connectivity index (χ0) is 16.8. The van der Waals surface area contributed by atoms with E-state index >= 15 is 0 Å². The molecule has 0 aliphatic heterocycles. The highest BCUT2D eigenvalue weighted by Crippen LogP contribution is 2.22. The van der Waals surface area contributed by atoms with Gasteiger partial charge in [-0.25, -0.2) is 4.84 Å². The van der Waals surface area contributed by atoms with E-state index in [1.807, 2.05) is 44.2 Å². The van der Waals surface area contributed by atoms with Crippen LogP contribution in [0.1, 0.15) is 22.3 Å². The minimum Gasteiger partial charge on any atom is -0.508 e. The second-order valence-corrected chi connectivity index (χ2v) is 5.74. The Bertz CT molecular complexity index is 650. The van der Waals surface area contributed by atoms with Crippen LogP contribution in [-0.2, 0) is 22.6 Å². The Balaban J connectivity index is 2.03. The molecule has 0 saturated heterocycles. The fourth-order valence-electron chi connectivity index (χ4n) is 2.49. The van der Waals surface area contributed by atoms with Gasteiger partial charge in [-0.15, -0.1) is 0 Å². The molecule has 0 bridgehead atoms. The second-order valence-electron chi connectivity index (χ2n) is 5.52. The molecule has 0 fully saturated rings. The topological polar surface area (TPSA) is 58.6 Å². The second kappa shape index (κ2) is 7.99. The predicted molar refractivity (Wildman–Crippen MR) is 90.3 cm³/mol. The molecule has 4 nitrogen and oxygen atoms in total. The molecular formula is C18H20ClNO3. The number of hydrogen-bond donors (Lipinski definition) is 2. The van der Waals surface area contributed by atoms with Crippen LogP contribution in [0.4, 0.5) is 0 Å². The van der Waals surface area contributed by atoms with E-state index in [0.29, 0.717) is 6.42 Å². The first-order valence-corrected chi connectivity index (χ1v) is 7.75. The number of nitrogens with one attached hydrogen (secondary N) is 1. The Labute approximate surface area is 141 Å². The molecule has 2 aromatic rings. The van der Waals surface area contributed by atoms with Crippen molar-refractivity contribution in [3.8, 4) is 5.75 Å². The lowest BCUT2D eigenvalue weighted by Gasteiger charge is -2.17. The van der Waals surface area contributed by atoms with Gasteiger partial charge in [0.1, 0.15) is 18.4 Å². The Morgan fingerprint density at radius 2 is 1.83 bits per heavy atom. The Kier molecular flexibility index (Phi) is 6.02. The molecule has 2 N–H and O–H groups in total. The number of phenolic OH excluding ortho intramolecular Hbond substituents is 1. The number of esters is 1. The maximum Gasteiger partial charge on any atom is 0.325 e. The molecule has 1 atom stereocenters. The van der Waals surface area contributed by atoms with Gasteiger partial charge < -0.3 is 9.84 Å². The van der Waals surface area contributed by atoms with E-state index < -0.39 is 12.0 Å². The summed E-state index contributed by atoms with van der Waals surface area (Å²) in [6, 6.07) is 12.2. The van der Waals surface area contributed by atoms with Crippen molar-refractivity contribution >= 4 is 17.7 Å². The molecule has 23 heavy (non-hydrogen) atoms. The largest absolute Gasteiger partial charge is 0.508 e. The smallest absolute Gasteiger partial charge is 0.325 e. The van der Waals surface area contributed by atoms with Crippen molar-refractivity contribution in [2.75, 3.05) is 0 Å². The standard InChI is InChI=1S/C18H20ClNO3/c1-12-8-15(21)9-13(2)16(12)10-17(20-19)18(22)23-11-14-6-4-3-5-7-14/h3-9,17,20-21H,10-11H2,1-2H3/t17-/m0/s1. The molecule has 0 aliphatic carbocycles. The maximum absolute atomic E-state index is 12.2. The Hall–Kier alpha value is -2.04. The number of hydrogen-bond acceptors (Lipinski definition) is 4. The molecule has 0 heterocycles. The first-order chi connectivity index (χ1) is 11.0. The van der Waals surface area contributed by atoms with Crippen LogP contribution in [0.5, 0.6) is 5.75 Å². The molecule has 0 spiro atoms. The van der Waals surface area contributed by atoms with Crippen LogP contribution in [0.3, 0.4) is 0 Å². The van der Waals surface area contributed by atoms with Gasteiger partial charge in [0.15, 0.2) is 0 Å². The van der Waals surface area contributed by atoms with E-state index in [0.717, 1.165) is 22.3 Å². The number of phenols is 1. The van der Waals surface area contributed by atoms with Gasteiger partial charge >= 0.3 is 5.97 Å². The zero-order valence-electron chi connectivity index (χ0n) is 13.2. The van der Waals surface area contributed by atoms with Gasteiger partial charge in [0, 0.05) is 6.42 Å². The van der Waals surface area contributed by atoms with Crippen LogP contribution >= 0.6 is 11.8 Å². The number of ether oxygens (including phenoxy) is 1. The van der Waals surface area contributed by atoms with Crippen molar-refractivity contribution in [1.29, 1.82) is 0 Å². The van der Waals surface area contributed by atoms with Gasteiger partial charge in [-0.3, -0.25) is 4.79 Å². The van der Waals surface area contributed by atoms with Crippen LogP contribution in [0, 0.1) is 13.8 Å². The van der Waals surface area contributed by atoms with E-state index in [1.54, 1.807) is 12.1 Å². The maximum atomic E-state index is 12.2. The highest BCUT2D eigenvalue weighted by atomic mass is 35.5. The zero-order valence-corrected chi connectivity index (χ0v) is 13.9. The summed E-state index contributed by atoms with van der Waals surface area (Å²) < 4.78 is 5.32. The predicted octanol–water partition coefficient (Wildman–Crippen LogP) is 3.41. The lowest BCUT2D eigenvalue weighted by Crippen LogP contribution is -2.35. The number of aryl methyl sites for hydroxylation is 2. The van der Waals surface area contributed by atoms with Crippen LogP contribution in [0.25, 0.3) is 0 Å². The van der Waals surface area contributed by atoms with Crippen molar-refractivity contribution in [2.24, 2.45) is 0 Å². The quantitative estimate of drug-likeness (QED) is 0.628. The molecule has 122 valence electrons. The number of carbonyl (C=O) groups is 1. The molecule has 0 aromatic heterocycles. The van der Waals surface area contributed by atoms with Crippen LogP contribution in [-0.4, -0.2) is 17.1 Å². The minimum atomic E-state index is -0.651. The molecule has 0 radical (unpaired) electrons. The number of rotatable bonds is 6. The highest BCUT2D eigenvalue weighted by molar-refractivity contribution is 6.14. The summed E-state index contributed by atoms with van der Waals surface area (Å²) in [5, 5.41) is 9.60. The third kappa shape index (κ3) is 4.71. The van der Waals surface area contributed by atoms with Crippen LogP contribution in [0.2, 0.25) is 0 Å². The van der Waals surface area contributed by atoms with Crippen LogP contribution < -0.4 is 4.84 Å². The summed E-state index contributed by atoms with van der Waals surface area (Å²) in [4.78, 5) is 14.7. The first-order valence-electron chi connectivity index (χ1n) is 7.37. The summed E-state index contributed by atoms with van der Waals surface area (Å²) in [6.45, 7) is 3.99. The highest BCUT2D eigenvalue weighted by Gasteiger charge is 2.21. The molecule has 0 saturated carbocycles. The van der Waals surface area contributed by atoms with Crippen molar-refractivity contribution in [3.05, 3.63) is 64.7 Å². The van der Waals surface area contributed by atoms with Crippen molar-refractivity contribution < 1.29 is 14.6 Å². The molecule has 0 aliphatic rings. The lowest BCUT2D eigenvalue weighted by molar-refractivity contribution is -0.146. The lowest BCUT2D eigenvalue weighted by atomic mass is 9.96. The first kappa shape index (κ1) is 17.3. The summed E-state index contributed by atoms with van der Waals surface area (Å²) in [5.74, 6) is -0.193. The fourth-order valence-corrected chi connectivity index (χ4v) is 2.66. The third-order valence-corrected chi connectivity index (χ3v) is 3.99. The van der Waals surface area contributed by atoms with E-state index in [1.165, 1.54) is 0 Å². The molecular weight excluding hydrogens is 314 g/mol. The SMILES string of the molecule is Cc1cc(O)cc(C)c1C[C@H](NCl)C(=O)OCc1ccccc1. The average molecular weight is 334 g/mol. The fraction of sp³-hybridized carbons (Fsp3) is 0.278. The monoisotopic (exact) mass is 333 g/mol. The summed E-state index contributed by atoms with van der Waals surface area (Å²) >= 11 is 5.73. The van der Waals surface area contributed by atoms with Gasteiger partial charge in [0.05, 0.1) is 0 Å². The van der Waals surface area contributed by atoms with E-state index in [2.05, 4.69) is 4.84 Å². The van der Waals surface area contributed by atoms with Crippen molar-refractivity contribution in [1.82, 2.24) is 4.84 Å². The van der Waals surface area contributed by atoms with Crippen molar-refractivity contribution in [3.63, 3.8) is 0 Å². The van der Waals surface area contributed by atoms with Gasteiger partial charge in [0.25, 0.3) is 0 Å². The molecule has 2 aromatic carbocycles. The normalized spacial score (nSPS) is 12.0. The molecule has 0 unspecified atom stereocenters. The van der Waals surface area contributed by atoms with Gasteiger partial charge in [-0.1, -0.05) is 30.3 Å². The van der Waals surface area contributed by atoms with E-state index in [-0.39, 0.29) is 12.4 Å². The number of aromatic hydroxyl groups is 1. The summed E-state index contributed by atoms with van der Waals surface area (Å²) in [7, 11) is 0. The van der Waals surface area contributed by atoms with E-state index in [9.17, 15) is 9.90 Å². The number of halogens is 1. The van der Waals surface area contributed by atoms with Crippen molar-refractivity contribution in [2.45, 2.75) is 32.9 Å².